The zero-order valence-electron chi connectivity index (χ0n) is 11.4. The Kier molecular flexibility index (Phi) is 3.69. The van der Waals surface area contributed by atoms with Gasteiger partial charge in [-0.1, -0.05) is 25.0 Å². The second-order valence-corrected chi connectivity index (χ2v) is 5.24. The van der Waals surface area contributed by atoms with Gasteiger partial charge in [0.25, 0.3) is 0 Å². The molecule has 0 bridgehead atoms. The van der Waals surface area contributed by atoms with E-state index in [0.717, 1.165) is 31.1 Å². The molecular weight excluding hydrogens is 236 g/mol. The van der Waals surface area contributed by atoms with Crippen LogP contribution in [0.1, 0.15) is 25.7 Å². The second kappa shape index (κ2) is 5.61. The molecule has 1 fully saturated rings. The Morgan fingerprint density at radius 3 is 2.53 bits per heavy atom. The number of anilines is 1. The number of benzene rings is 1. The van der Waals surface area contributed by atoms with Crippen molar-refractivity contribution in [3.8, 4) is 0 Å². The lowest BCUT2D eigenvalue weighted by molar-refractivity contribution is 0.679. The van der Waals surface area contributed by atoms with Crippen molar-refractivity contribution in [3.05, 3.63) is 24.3 Å². The van der Waals surface area contributed by atoms with E-state index in [1.165, 1.54) is 31.2 Å². The smallest absolute Gasteiger partial charge is 0.206 e. The molecule has 1 aliphatic heterocycles. The molecule has 4 heteroatoms. The Hall–Kier alpha value is -1.55. The minimum Gasteiger partial charge on any atom is -0.342 e. The number of hydrogen-bond donors (Lipinski definition) is 1. The zero-order valence-corrected chi connectivity index (χ0v) is 11.4. The van der Waals surface area contributed by atoms with Crippen LogP contribution < -0.4 is 10.6 Å². The fraction of sp³-hybridized carbons (Fsp3) is 0.533. The van der Waals surface area contributed by atoms with Crippen LogP contribution in [0, 0.1) is 0 Å². The number of nitrogens with two attached hydrogens (primary N) is 1. The highest BCUT2D eigenvalue weighted by atomic mass is 15.3. The molecule has 0 amide bonds. The van der Waals surface area contributed by atoms with Crippen molar-refractivity contribution < 1.29 is 0 Å². The molecule has 2 heterocycles. The first-order valence-electron chi connectivity index (χ1n) is 7.30. The summed E-state index contributed by atoms with van der Waals surface area (Å²) in [5.74, 6) is 1.11. The number of fused-ring (bicyclic) bond motifs is 1. The Labute approximate surface area is 114 Å². The third kappa shape index (κ3) is 2.45. The van der Waals surface area contributed by atoms with Gasteiger partial charge in [0.05, 0.1) is 11.0 Å². The molecule has 2 aromatic rings. The van der Waals surface area contributed by atoms with Crippen LogP contribution in [0.5, 0.6) is 0 Å². The standard InChI is InChI=1S/C15H22N4/c16-9-12-19-14-8-4-3-7-13(14)17-15(19)18-10-5-1-2-6-11-18/h3-4,7-8H,1-2,5-6,9-12,16H2. The number of nitrogens with zero attached hydrogens (tertiary/aromatic N) is 3. The SMILES string of the molecule is NCCn1c(N2CCCCCC2)nc2ccccc21. The molecule has 0 saturated carbocycles. The van der Waals surface area contributed by atoms with Crippen molar-refractivity contribution in [2.75, 3.05) is 24.5 Å². The van der Waals surface area contributed by atoms with Gasteiger partial charge in [-0.3, -0.25) is 0 Å². The third-order valence-corrected chi connectivity index (χ3v) is 3.88. The van der Waals surface area contributed by atoms with Gasteiger partial charge in [0, 0.05) is 26.2 Å². The fourth-order valence-corrected chi connectivity index (χ4v) is 2.92. The number of rotatable bonds is 3. The highest BCUT2D eigenvalue weighted by Gasteiger charge is 2.17. The number of aromatic nitrogens is 2. The van der Waals surface area contributed by atoms with Crippen molar-refractivity contribution in [1.82, 2.24) is 9.55 Å². The van der Waals surface area contributed by atoms with E-state index in [4.69, 9.17) is 10.7 Å². The van der Waals surface area contributed by atoms with Crippen molar-refractivity contribution in [2.45, 2.75) is 32.2 Å². The molecule has 1 aromatic heterocycles. The first-order valence-corrected chi connectivity index (χ1v) is 7.30. The van der Waals surface area contributed by atoms with E-state index < -0.39 is 0 Å². The van der Waals surface area contributed by atoms with Crippen molar-refractivity contribution in [2.24, 2.45) is 5.73 Å². The summed E-state index contributed by atoms with van der Waals surface area (Å²) in [7, 11) is 0. The molecule has 19 heavy (non-hydrogen) atoms. The molecule has 0 spiro atoms. The molecule has 1 aliphatic rings. The molecule has 2 N–H and O–H groups in total. The molecule has 4 nitrogen and oxygen atoms in total. The van der Waals surface area contributed by atoms with E-state index in [1.807, 2.05) is 6.07 Å². The lowest BCUT2D eigenvalue weighted by atomic mass is 10.2. The average molecular weight is 258 g/mol. The maximum Gasteiger partial charge on any atom is 0.206 e. The predicted octanol–water partition coefficient (Wildman–Crippen LogP) is 2.38. The van der Waals surface area contributed by atoms with Gasteiger partial charge in [0.15, 0.2) is 0 Å². The Morgan fingerprint density at radius 1 is 1.05 bits per heavy atom. The van der Waals surface area contributed by atoms with Gasteiger partial charge in [-0.25, -0.2) is 4.98 Å². The Bertz CT molecular complexity index is 538. The fourth-order valence-electron chi connectivity index (χ4n) is 2.92. The lowest BCUT2D eigenvalue weighted by Gasteiger charge is -2.22. The molecule has 3 rings (SSSR count). The highest BCUT2D eigenvalue weighted by Crippen LogP contribution is 2.24. The summed E-state index contributed by atoms with van der Waals surface area (Å²) in [6.45, 7) is 3.73. The van der Waals surface area contributed by atoms with Crippen LogP contribution >= 0.6 is 0 Å². The monoisotopic (exact) mass is 258 g/mol. The summed E-state index contributed by atoms with van der Waals surface area (Å²) in [6.07, 6.45) is 5.22. The van der Waals surface area contributed by atoms with Gasteiger partial charge < -0.3 is 15.2 Å². The van der Waals surface area contributed by atoms with Crippen molar-refractivity contribution >= 4 is 17.0 Å². The van der Waals surface area contributed by atoms with Crippen LogP contribution in [0.15, 0.2) is 24.3 Å². The number of para-hydroxylation sites is 2. The van der Waals surface area contributed by atoms with Crippen LogP contribution in [0.2, 0.25) is 0 Å². The quantitative estimate of drug-likeness (QED) is 0.919. The summed E-state index contributed by atoms with van der Waals surface area (Å²) in [4.78, 5) is 7.26. The van der Waals surface area contributed by atoms with Crippen LogP contribution in [0.3, 0.4) is 0 Å². The van der Waals surface area contributed by atoms with Gasteiger partial charge in [-0.05, 0) is 25.0 Å². The molecular formula is C15H22N4. The van der Waals surface area contributed by atoms with E-state index in [1.54, 1.807) is 0 Å². The topological polar surface area (TPSA) is 47.1 Å². The first-order chi connectivity index (χ1) is 9.40. The van der Waals surface area contributed by atoms with Gasteiger partial charge >= 0.3 is 0 Å². The van der Waals surface area contributed by atoms with Crippen LogP contribution in [-0.2, 0) is 6.54 Å². The molecule has 1 saturated heterocycles. The zero-order chi connectivity index (χ0) is 13.1. The summed E-state index contributed by atoms with van der Waals surface area (Å²) >= 11 is 0. The largest absolute Gasteiger partial charge is 0.342 e. The number of imidazole rings is 1. The maximum absolute atomic E-state index is 5.77. The maximum atomic E-state index is 5.77. The van der Waals surface area contributed by atoms with E-state index in [0.29, 0.717) is 6.54 Å². The van der Waals surface area contributed by atoms with E-state index >= 15 is 0 Å². The molecule has 0 atom stereocenters. The van der Waals surface area contributed by atoms with Gasteiger partial charge in [0.2, 0.25) is 5.95 Å². The van der Waals surface area contributed by atoms with Crippen LogP contribution in [0.4, 0.5) is 5.95 Å². The second-order valence-electron chi connectivity index (χ2n) is 5.24. The normalized spacial score (nSPS) is 16.8. The van der Waals surface area contributed by atoms with E-state index in [2.05, 4.69) is 27.7 Å². The third-order valence-electron chi connectivity index (χ3n) is 3.88. The van der Waals surface area contributed by atoms with Gasteiger partial charge in [0.1, 0.15) is 0 Å². The summed E-state index contributed by atoms with van der Waals surface area (Å²) < 4.78 is 2.28. The molecule has 0 aliphatic carbocycles. The van der Waals surface area contributed by atoms with E-state index in [-0.39, 0.29) is 0 Å². The van der Waals surface area contributed by atoms with Crippen molar-refractivity contribution in [3.63, 3.8) is 0 Å². The summed E-state index contributed by atoms with van der Waals surface area (Å²) in [6, 6.07) is 8.35. The van der Waals surface area contributed by atoms with Gasteiger partial charge in [-0.15, -0.1) is 0 Å². The minimum atomic E-state index is 0.654. The minimum absolute atomic E-state index is 0.654. The molecule has 1 aromatic carbocycles. The molecule has 102 valence electrons. The van der Waals surface area contributed by atoms with Crippen LogP contribution in [-0.4, -0.2) is 29.2 Å². The lowest BCUT2D eigenvalue weighted by Crippen LogP contribution is -2.28. The summed E-state index contributed by atoms with van der Waals surface area (Å²) in [5, 5.41) is 0. The van der Waals surface area contributed by atoms with Crippen LogP contribution in [0.25, 0.3) is 11.0 Å². The Morgan fingerprint density at radius 2 is 1.79 bits per heavy atom. The number of hydrogen-bond acceptors (Lipinski definition) is 3. The Balaban J connectivity index is 2.02. The molecule has 0 unspecified atom stereocenters. The summed E-state index contributed by atoms with van der Waals surface area (Å²) in [5.41, 5.74) is 8.05. The first kappa shape index (κ1) is 12.5. The molecule has 0 radical (unpaired) electrons. The van der Waals surface area contributed by atoms with Crippen molar-refractivity contribution in [1.29, 1.82) is 0 Å². The van der Waals surface area contributed by atoms with Gasteiger partial charge in [-0.2, -0.15) is 0 Å². The van der Waals surface area contributed by atoms with E-state index in [9.17, 15) is 0 Å². The predicted molar refractivity (Wildman–Crippen MR) is 79.5 cm³/mol. The highest BCUT2D eigenvalue weighted by molar-refractivity contribution is 5.78. The average Bonchev–Trinajstić information content (AvgIpc) is 2.64.